The molecule has 0 atom stereocenters. The highest BCUT2D eigenvalue weighted by atomic mass is 16.4. The van der Waals surface area contributed by atoms with Gasteiger partial charge in [0.25, 0.3) is 5.91 Å². The van der Waals surface area contributed by atoms with E-state index >= 15 is 0 Å². The molecule has 1 N–H and O–H groups in total. The number of amides is 1. The normalized spacial score (nSPS) is 22.0. The predicted octanol–water partition coefficient (Wildman–Crippen LogP) is 1.40. The van der Waals surface area contributed by atoms with E-state index in [1.165, 1.54) is 12.6 Å². The Labute approximate surface area is 123 Å². The zero-order valence-electron chi connectivity index (χ0n) is 12.5. The van der Waals surface area contributed by atoms with E-state index in [2.05, 4.69) is 17.2 Å². The molecule has 0 bridgehead atoms. The summed E-state index contributed by atoms with van der Waals surface area (Å²) < 4.78 is 1.16. The predicted molar refractivity (Wildman–Crippen MR) is 75.8 cm³/mol. The molecule has 1 saturated carbocycles. The third-order valence-electron chi connectivity index (χ3n) is 4.32. The molecule has 1 heterocycles. The Hall–Kier alpha value is -1.92. The number of nitrogens with zero attached hydrogens (tertiary/aromatic N) is 4. The van der Waals surface area contributed by atoms with Crippen LogP contribution in [0.15, 0.2) is 6.20 Å². The number of rotatable bonds is 5. The minimum Gasteiger partial charge on any atom is -0.480 e. The van der Waals surface area contributed by atoms with Crippen molar-refractivity contribution in [2.24, 2.45) is 5.92 Å². The molecule has 7 heteroatoms. The second kappa shape index (κ2) is 6.69. The van der Waals surface area contributed by atoms with E-state index in [1.54, 1.807) is 11.9 Å². The lowest BCUT2D eigenvalue weighted by molar-refractivity contribution is -0.137. The number of hydrogen-bond acceptors (Lipinski definition) is 4. The molecular weight excluding hydrogens is 272 g/mol. The number of hydrogen-bond donors (Lipinski definition) is 1. The summed E-state index contributed by atoms with van der Waals surface area (Å²) in [6, 6.07) is 0.241. The van der Waals surface area contributed by atoms with Crippen molar-refractivity contribution in [3.8, 4) is 0 Å². The quantitative estimate of drug-likeness (QED) is 0.887. The summed E-state index contributed by atoms with van der Waals surface area (Å²) in [5.74, 6) is -0.419. The van der Waals surface area contributed by atoms with Gasteiger partial charge in [-0.25, -0.2) is 4.68 Å². The monoisotopic (exact) mass is 294 g/mol. The summed E-state index contributed by atoms with van der Waals surface area (Å²) in [6.45, 7) is 1.92. The Morgan fingerprint density at radius 1 is 1.38 bits per heavy atom. The minimum atomic E-state index is -1.01. The summed E-state index contributed by atoms with van der Waals surface area (Å²) in [5.41, 5.74) is 0.205. The van der Waals surface area contributed by atoms with Crippen molar-refractivity contribution >= 4 is 11.9 Å². The third kappa shape index (κ3) is 3.80. The van der Waals surface area contributed by atoms with Crippen LogP contribution in [0.25, 0.3) is 0 Å². The molecule has 1 aromatic rings. The summed E-state index contributed by atoms with van der Waals surface area (Å²) in [7, 11) is 1.79. The highest BCUT2D eigenvalue weighted by Crippen LogP contribution is 2.29. The molecule has 1 amide bonds. The topological polar surface area (TPSA) is 88.3 Å². The lowest BCUT2D eigenvalue weighted by atomic mass is 9.84. The van der Waals surface area contributed by atoms with Gasteiger partial charge in [-0.2, -0.15) is 0 Å². The van der Waals surface area contributed by atoms with Crippen molar-refractivity contribution in [1.82, 2.24) is 19.9 Å². The SMILES string of the molecule is CCC1CCC(N(C)C(=O)c2cn(CC(=O)O)nn2)CC1. The number of carbonyl (C=O) groups excluding carboxylic acids is 1. The lowest BCUT2D eigenvalue weighted by Crippen LogP contribution is -2.39. The van der Waals surface area contributed by atoms with Crippen molar-refractivity contribution in [3.63, 3.8) is 0 Å². The number of carboxylic acids is 1. The van der Waals surface area contributed by atoms with Crippen LogP contribution in [0.3, 0.4) is 0 Å². The summed E-state index contributed by atoms with van der Waals surface area (Å²) in [4.78, 5) is 24.7. The lowest BCUT2D eigenvalue weighted by Gasteiger charge is -2.34. The Balaban J connectivity index is 1.96. The average Bonchev–Trinajstić information content (AvgIpc) is 2.93. The van der Waals surface area contributed by atoms with E-state index in [1.807, 2.05) is 0 Å². The molecule has 21 heavy (non-hydrogen) atoms. The van der Waals surface area contributed by atoms with Crippen LogP contribution >= 0.6 is 0 Å². The molecule has 2 rings (SSSR count). The average molecular weight is 294 g/mol. The van der Waals surface area contributed by atoms with Gasteiger partial charge >= 0.3 is 5.97 Å². The van der Waals surface area contributed by atoms with E-state index in [-0.39, 0.29) is 24.2 Å². The Morgan fingerprint density at radius 2 is 2.05 bits per heavy atom. The van der Waals surface area contributed by atoms with E-state index < -0.39 is 5.97 Å². The number of aliphatic carboxylic acids is 1. The standard InChI is InChI=1S/C14H22N4O3/c1-3-10-4-6-11(7-5-10)17(2)14(21)12-8-18(16-15-12)9-13(19)20/h8,10-11H,3-7,9H2,1-2H3,(H,19,20). The first-order valence-electron chi connectivity index (χ1n) is 7.40. The van der Waals surface area contributed by atoms with Crippen molar-refractivity contribution < 1.29 is 14.7 Å². The molecule has 0 aromatic carbocycles. The van der Waals surface area contributed by atoms with Crippen molar-refractivity contribution in [2.45, 2.75) is 51.6 Å². The van der Waals surface area contributed by atoms with Crippen LogP contribution in [-0.2, 0) is 11.3 Å². The van der Waals surface area contributed by atoms with Crippen LogP contribution in [0.1, 0.15) is 49.5 Å². The molecule has 0 saturated heterocycles. The molecule has 0 spiro atoms. The van der Waals surface area contributed by atoms with Crippen LogP contribution in [-0.4, -0.2) is 50.0 Å². The van der Waals surface area contributed by atoms with Crippen LogP contribution in [0.5, 0.6) is 0 Å². The maximum absolute atomic E-state index is 12.4. The maximum Gasteiger partial charge on any atom is 0.325 e. The largest absolute Gasteiger partial charge is 0.480 e. The molecule has 1 fully saturated rings. The van der Waals surface area contributed by atoms with E-state index in [0.29, 0.717) is 0 Å². The number of carbonyl (C=O) groups is 2. The van der Waals surface area contributed by atoms with Gasteiger partial charge in [0.05, 0.1) is 6.20 Å². The molecule has 0 aliphatic heterocycles. The first kappa shape index (κ1) is 15.5. The summed E-state index contributed by atoms with van der Waals surface area (Å²) in [5, 5.41) is 16.1. The fraction of sp³-hybridized carbons (Fsp3) is 0.714. The fourth-order valence-corrected chi connectivity index (χ4v) is 2.90. The van der Waals surface area contributed by atoms with E-state index in [9.17, 15) is 9.59 Å². The van der Waals surface area contributed by atoms with Crippen molar-refractivity contribution in [2.75, 3.05) is 7.05 Å². The van der Waals surface area contributed by atoms with E-state index in [4.69, 9.17) is 5.11 Å². The zero-order valence-corrected chi connectivity index (χ0v) is 12.5. The molecule has 7 nitrogen and oxygen atoms in total. The Kier molecular flexibility index (Phi) is 4.93. The van der Waals surface area contributed by atoms with Crippen LogP contribution in [0.4, 0.5) is 0 Å². The Bertz CT molecular complexity index is 506. The first-order chi connectivity index (χ1) is 10.0. The van der Waals surface area contributed by atoms with Crippen molar-refractivity contribution in [3.05, 3.63) is 11.9 Å². The van der Waals surface area contributed by atoms with E-state index in [0.717, 1.165) is 36.3 Å². The van der Waals surface area contributed by atoms with Gasteiger partial charge in [0, 0.05) is 13.1 Å². The molecule has 1 aliphatic carbocycles. The van der Waals surface area contributed by atoms with Gasteiger partial charge in [0.15, 0.2) is 5.69 Å². The molecule has 0 unspecified atom stereocenters. The molecule has 1 aliphatic rings. The van der Waals surface area contributed by atoms with Crippen molar-refractivity contribution in [1.29, 1.82) is 0 Å². The van der Waals surface area contributed by atoms with Gasteiger partial charge in [-0.3, -0.25) is 9.59 Å². The van der Waals surface area contributed by atoms with Crippen LogP contribution < -0.4 is 0 Å². The highest BCUT2D eigenvalue weighted by molar-refractivity contribution is 5.92. The molecular formula is C14H22N4O3. The minimum absolute atomic E-state index is 0.188. The molecule has 116 valence electrons. The highest BCUT2D eigenvalue weighted by Gasteiger charge is 2.27. The van der Waals surface area contributed by atoms with Gasteiger partial charge in [-0.15, -0.1) is 5.10 Å². The smallest absolute Gasteiger partial charge is 0.325 e. The molecule has 1 aromatic heterocycles. The first-order valence-corrected chi connectivity index (χ1v) is 7.40. The number of carboxylic acid groups (broad SMARTS) is 1. The summed E-state index contributed by atoms with van der Waals surface area (Å²) >= 11 is 0. The second-order valence-corrected chi connectivity index (χ2v) is 5.69. The van der Waals surface area contributed by atoms with Gasteiger partial charge in [-0.05, 0) is 31.6 Å². The van der Waals surface area contributed by atoms with Crippen LogP contribution in [0, 0.1) is 5.92 Å². The maximum atomic E-state index is 12.4. The fourth-order valence-electron chi connectivity index (χ4n) is 2.90. The zero-order chi connectivity index (χ0) is 15.4. The molecule has 0 radical (unpaired) electrons. The van der Waals surface area contributed by atoms with Crippen LogP contribution in [0.2, 0.25) is 0 Å². The van der Waals surface area contributed by atoms with Gasteiger partial charge in [0.2, 0.25) is 0 Å². The third-order valence-corrected chi connectivity index (χ3v) is 4.32. The number of aromatic nitrogens is 3. The van der Waals surface area contributed by atoms with Gasteiger partial charge in [0.1, 0.15) is 6.54 Å². The summed E-state index contributed by atoms with van der Waals surface area (Å²) in [6.07, 6.45) is 6.95. The van der Waals surface area contributed by atoms with Gasteiger partial charge in [-0.1, -0.05) is 18.6 Å². The second-order valence-electron chi connectivity index (χ2n) is 5.69. The van der Waals surface area contributed by atoms with Gasteiger partial charge < -0.3 is 10.0 Å². The Morgan fingerprint density at radius 3 is 2.62 bits per heavy atom.